The molecule has 0 heterocycles. The van der Waals surface area contributed by atoms with Gasteiger partial charge in [-0.15, -0.1) is 0 Å². The molecule has 170 valence electrons. The largest absolute Gasteiger partial charge is 0.393 e. The van der Waals surface area contributed by atoms with Crippen molar-refractivity contribution in [2.75, 3.05) is 0 Å². The van der Waals surface area contributed by atoms with E-state index in [1.807, 2.05) is 5.57 Å². The Morgan fingerprint density at radius 1 is 1.03 bits per heavy atom. The van der Waals surface area contributed by atoms with Gasteiger partial charge in [0, 0.05) is 0 Å². The molecule has 0 bridgehead atoms. The second-order valence-electron chi connectivity index (χ2n) is 12.7. The van der Waals surface area contributed by atoms with Crippen LogP contribution < -0.4 is 0 Å². The van der Waals surface area contributed by atoms with Crippen LogP contribution >= 0.6 is 0 Å². The zero-order chi connectivity index (χ0) is 21.8. The van der Waals surface area contributed by atoms with Crippen LogP contribution in [-0.2, 0) is 0 Å². The van der Waals surface area contributed by atoms with Crippen molar-refractivity contribution in [2.24, 2.45) is 46.3 Å². The maximum atomic E-state index is 10.2. The summed E-state index contributed by atoms with van der Waals surface area (Å²) in [5, 5.41) is 10.2. The lowest BCUT2D eigenvalue weighted by atomic mass is 9.47. The van der Waals surface area contributed by atoms with E-state index in [1.54, 1.807) is 11.1 Å². The Morgan fingerprint density at radius 2 is 1.70 bits per heavy atom. The third-order valence-electron chi connectivity index (χ3n) is 11.0. The number of hydrogen-bond donors (Lipinski definition) is 1. The van der Waals surface area contributed by atoms with E-state index in [0.29, 0.717) is 10.8 Å². The highest BCUT2D eigenvalue weighted by molar-refractivity contribution is 5.31. The molecule has 4 aliphatic carbocycles. The van der Waals surface area contributed by atoms with Crippen molar-refractivity contribution in [2.45, 2.75) is 112 Å². The monoisotopic (exact) mass is 412 g/mol. The average molecular weight is 413 g/mol. The second kappa shape index (κ2) is 8.09. The molecule has 0 saturated heterocycles. The topological polar surface area (TPSA) is 20.2 Å². The number of hydrogen-bond acceptors (Lipinski definition) is 1. The van der Waals surface area contributed by atoms with Gasteiger partial charge in [-0.05, 0) is 111 Å². The number of rotatable bonds is 4. The van der Waals surface area contributed by atoms with Gasteiger partial charge in [0.25, 0.3) is 0 Å². The van der Waals surface area contributed by atoms with E-state index in [2.05, 4.69) is 54.5 Å². The van der Waals surface area contributed by atoms with Gasteiger partial charge in [0.2, 0.25) is 0 Å². The maximum Gasteiger partial charge on any atom is 0.0577 e. The molecule has 0 amide bonds. The van der Waals surface area contributed by atoms with Crippen molar-refractivity contribution in [3.63, 3.8) is 0 Å². The first-order valence-electron chi connectivity index (χ1n) is 13.1. The van der Waals surface area contributed by atoms with Gasteiger partial charge in [-0.25, -0.2) is 0 Å². The van der Waals surface area contributed by atoms with Gasteiger partial charge in [0.05, 0.1) is 6.10 Å². The highest BCUT2D eigenvalue weighted by atomic mass is 16.3. The summed E-state index contributed by atoms with van der Waals surface area (Å²) < 4.78 is 0. The molecule has 30 heavy (non-hydrogen) atoms. The van der Waals surface area contributed by atoms with Gasteiger partial charge in [0.15, 0.2) is 0 Å². The molecule has 1 N–H and O–H groups in total. The van der Waals surface area contributed by atoms with Gasteiger partial charge in [0.1, 0.15) is 0 Å². The van der Waals surface area contributed by atoms with E-state index >= 15 is 0 Å². The van der Waals surface area contributed by atoms with E-state index in [-0.39, 0.29) is 6.10 Å². The molecule has 0 spiro atoms. The molecule has 8 atom stereocenters. The first-order valence-corrected chi connectivity index (χ1v) is 13.1. The van der Waals surface area contributed by atoms with Gasteiger partial charge in [-0.3, -0.25) is 0 Å². The van der Waals surface area contributed by atoms with Gasteiger partial charge in [-0.1, -0.05) is 64.3 Å². The minimum absolute atomic E-state index is 0.0892. The van der Waals surface area contributed by atoms with Crippen LogP contribution in [-0.4, -0.2) is 11.2 Å². The fourth-order valence-corrected chi connectivity index (χ4v) is 8.60. The highest BCUT2D eigenvalue weighted by Gasteiger charge is 2.57. The van der Waals surface area contributed by atoms with E-state index < -0.39 is 0 Å². The number of fused-ring (bicyclic) bond motifs is 5. The van der Waals surface area contributed by atoms with Gasteiger partial charge < -0.3 is 5.11 Å². The standard InChI is InChI=1S/C29H48O/c1-18(2)21(5)19(3)16-20(4)25-10-11-26-24-9-8-22-17-23(30)12-14-28(22,6)27(24)13-15-29(25,26)7/h8,18-19,21,23-24,26-27,30H,9-17H2,1-7H3/t19?,21-,23?,24+,26+,27+,28+,29-/m1/s1. The Hall–Kier alpha value is -0.560. The summed E-state index contributed by atoms with van der Waals surface area (Å²) in [7, 11) is 0. The summed E-state index contributed by atoms with van der Waals surface area (Å²) in [6, 6.07) is 0. The Morgan fingerprint density at radius 3 is 2.40 bits per heavy atom. The summed E-state index contributed by atoms with van der Waals surface area (Å²) in [5.41, 5.74) is 6.01. The quantitative estimate of drug-likeness (QED) is 0.464. The van der Waals surface area contributed by atoms with Crippen LogP contribution in [0, 0.1) is 46.3 Å². The molecule has 0 aromatic heterocycles. The number of aliphatic hydroxyl groups is 1. The Bertz CT molecular complexity index is 714. The summed E-state index contributed by atoms with van der Waals surface area (Å²) in [6.45, 7) is 17.4. The minimum atomic E-state index is -0.0892. The molecule has 0 radical (unpaired) electrons. The summed E-state index contributed by atoms with van der Waals surface area (Å²) >= 11 is 0. The van der Waals surface area contributed by atoms with Crippen LogP contribution in [0.4, 0.5) is 0 Å². The Labute approximate surface area is 186 Å². The van der Waals surface area contributed by atoms with E-state index in [4.69, 9.17) is 0 Å². The van der Waals surface area contributed by atoms with Crippen LogP contribution in [0.25, 0.3) is 0 Å². The molecule has 3 fully saturated rings. The average Bonchev–Trinajstić information content (AvgIpc) is 3.05. The first kappa shape index (κ1) is 22.6. The first-order chi connectivity index (χ1) is 14.1. The van der Waals surface area contributed by atoms with Crippen molar-refractivity contribution in [1.29, 1.82) is 0 Å². The smallest absolute Gasteiger partial charge is 0.0577 e. The summed E-state index contributed by atoms with van der Waals surface area (Å²) in [5.74, 6) is 4.94. The number of aliphatic hydroxyl groups excluding tert-OH is 1. The zero-order valence-electron chi connectivity index (χ0n) is 20.9. The highest BCUT2D eigenvalue weighted by Crippen LogP contribution is 2.66. The predicted octanol–water partition coefficient (Wildman–Crippen LogP) is 7.94. The molecule has 0 aromatic rings. The summed E-state index contributed by atoms with van der Waals surface area (Å²) in [6.07, 6.45) is 13.8. The molecule has 1 nitrogen and oxygen atoms in total. The zero-order valence-corrected chi connectivity index (χ0v) is 20.9. The van der Waals surface area contributed by atoms with Crippen LogP contribution in [0.3, 0.4) is 0 Å². The molecule has 0 aliphatic heterocycles. The van der Waals surface area contributed by atoms with Crippen LogP contribution in [0.1, 0.15) is 106 Å². The van der Waals surface area contributed by atoms with Crippen LogP contribution in [0.15, 0.2) is 22.8 Å². The normalized spacial score (nSPS) is 44.6. The number of allylic oxidation sites excluding steroid dienone is 3. The third-order valence-corrected chi connectivity index (χ3v) is 11.0. The van der Waals surface area contributed by atoms with E-state index in [1.165, 1.54) is 44.9 Å². The lowest BCUT2D eigenvalue weighted by Gasteiger charge is -2.57. The minimum Gasteiger partial charge on any atom is -0.393 e. The fourth-order valence-electron chi connectivity index (χ4n) is 8.60. The SMILES string of the molecule is CC(CC(C)[C@H](C)C(C)C)=C1CC[C@H]2[C@@H]3CC=C4CC(O)CC[C@]4(C)[C@H]3CC[C@]12C. The molecule has 1 heteroatoms. The molecule has 3 saturated carbocycles. The lowest BCUT2D eigenvalue weighted by Crippen LogP contribution is -2.49. The van der Waals surface area contributed by atoms with E-state index in [0.717, 1.165) is 48.3 Å². The lowest BCUT2D eigenvalue weighted by molar-refractivity contribution is -0.0270. The maximum absolute atomic E-state index is 10.2. The molecule has 4 aliphatic rings. The second-order valence-corrected chi connectivity index (χ2v) is 12.7. The van der Waals surface area contributed by atoms with Crippen LogP contribution in [0.5, 0.6) is 0 Å². The molecule has 4 rings (SSSR count). The molecule has 2 unspecified atom stereocenters. The van der Waals surface area contributed by atoms with Crippen molar-refractivity contribution in [1.82, 2.24) is 0 Å². The Kier molecular flexibility index (Phi) is 6.10. The van der Waals surface area contributed by atoms with Crippen molar-refractivity contribution in [3.05, 3.63) is 22.8 Å². The predicted molar refractivity (Wildman–Crippen MR) is 128 cm³/mol. The van der Waals surface area contributed by atoms with Crippen molar-refractivity contribution >= 4 is 0 Å². The van der Waals surface area contributed by atoms with Crippen molar-refractivity contribution in [3.8, 4) is 0 Å². The Balaban J connectivity index is 1.57. The summed E-state index contributed by atoms with van der Waals surface area (Å²) in [4.78, 5) is 0. The molecular weight excluding hydrogens is 364 g/mol. The van der Waals surface area contributed by atoms with Crippen LogP contribution in [0.2, 0.25) is 0 Å². The van der Waals surface area contributed by atoms with Gasteiger partial charge >= 0.3 is 0 Å². The fraction of sp³-hybridized carbons (Fsp3) is 0.862. The van der Waals surface area contributed by atoms with E-state index in [9.17, 15) is 5.11 Å². The molecule has 0 aromatic carbocycles. The van der Waals surface area contributed by atoms with Gasteiger partial charge in [-0.2, -0.15) is 0 Å². The van der Waals surface area contributed by atoms with Crippen molar-refractivity contribution < 1.29 is 5.11 Å². The molecular formula is C29H48O. The third kappa shape index (κ3) is 3.56.